The maximum Gasteiger partial charge on any atom is 0.451 e. The molecule has 3 heterocycles. The number of ether oxygens (including phenoxy) is 2. The average Bonchev–Trinajstić information content (AvgIpc) is 2.94. The van der Waals surface area contributed by atoms with Crippen LogP contribution in [-0.4, -0.2) is 64.7 Å². The Hall–Kier alpha value is -3.02. The highest BCUT2D eigenvalue weighted by molar-refractivity contribution is 6.35. The summed E-state index contributed by atoms with van der Waals surface area (Å²) < 4.78 is 50.6. The smallest absolute Gasteiger partial charge is 0.451 e. The number of halogens is 4. The summed E-state index contributed by atoms with van der Waals surface area (Å²) in [6.07, 6.45) is 1.60. The number of carbonyl (C=O) groups excluding carboxylic acids is 1. The highest BCUT2D eigenvalue weighted by atomic mass is 35.5. The van der Waals surface area contributed by atoms with E-state index < -0.39 is 23.9 Å². The maximum atomic E-state index is 13.4. The lowest BCUT2D eigenvalue weighted by atomic mass is 10.1. The lowest BCUT2D eigenvalue weighted by molar-refractivity contribution is -0.145. The summed E-state index contributed by atoms with van der Waals surface area (Å²) in [6, 6.07) is 6.41. The van der Waals surface area contributed by atoms with Crippen LogP contribution in [0.25, 0.3) is 10.9 Å². The minimum absolute atomic E-state index is 0.0707. The minimum atomic E-state index is -4.64. The summed E-state index contributed by atoms with van der Waals surface area (Å²) in [4.78, 5) is 27.1. The lowest BCUT2D eigenvalue weighted by Crippen LogP contribution is -2.44. The van der Waals surface area contributed by atoms with Crippen LogP contribution in [0, 0.1) is 0 Å². The number of pyridine rings is 1. The molecule has 1 aromatic carbocycles. The molecule has 1 N–H and O–H groups in total. The van der Waals surface area contributed by atoms with E-state index in [2.05, 4.69) is 34.1 Å². The van der Waals surface area contributed by atoms with Gasteiger partial charge in [-0.25, -0.2) is 15.0 Å². The molecule has 0 bridgehead atoms. The standard InChI is InChI=1S/C28H33ClF3N5O3/c1-3-5-19(6-4-2)40-24-10-7-20-22(36-24)9-8-21(29)25(20)26(38)33-17-23(37-11-13-39-14-12-37)18-15-34-27(35-16-18)28(30,31)32/h7-10,15-16,19,23H,3-6,11-14,17H2,1-2H3,(H,33,38). The number of nitrogens with zero attached hydrogens (tertiary/aromatic N) is 4. The van der Waals surface area contributed by atoms with E-state index in [1.54, 1.807) is 24.3 Å². The fourth-order valence-corrected chi connectivity index (χ4v) is 5.06. The second-order valence-corrected chi connectivity index (χ2v) is 10.1. The van der Waals surface area contributed by atoms with Crippen molar-refractivity contribution in [2.75, 3.05) is 32.8 Å². The van der Waals surface area contributed by atoms with Crippen LogP contribution >= 0.6 is 11.6 Å². The molecule has 3 aromatic rings. The molecular weight excluding hydrogens is 547 g/mol. The number of amides is 1. The third-order valence-electron chi connectivity index (χ3n) is 6.78. The van der Waals surface area contributed by atoms with Gasteiger partial charge in [0.15, 0.2) is 0 Å². The van der Waals surface area contributed by atoms with Crippen molar-refractivity contribution in [3.05, 3.63) is 58.6 Å². The first-order valence-electron chi connectivity index (χ1n) is 13.5. The first-order chi connectivity index (χ1) is 19.2. The molecule has 0 aliphatic carbocycles. The molecule has 1 aliphatic heterocycles. The summed E-state index contributed by atoms with van der Waals surface area (Å²) in [7, 11) is 0. The van der Waals surface area contributed by atoms with Crippen molar-refractivity contribution in [1.82, 2.24) is 25.2 Å². The van der Waals surface area contributed by atoms with E-state index >= 15 is 0 Å². The van der Waals surface area contributed by atoms with Crippen LogP contribution in [0.15, 0.2) is 36.7 Å². The monoisotopic (exact) mass is 579 g/mol. The van der Waals surface area contributed by atoms with Crippen molar-refractivity contribution in [2.24, 2.45) is 0 Å². The predicted molar refractivity (Wildman–Crippen MR) is 145 cm³/mol. The largest absolute Gasteiger partial charge is 0.474 e. The van der Waals surface area contributed by atoms with Gasteiger partial charge in [0.05, 0.1) is 35.4 Å². The van der Waals surface area contributed by atoms with E-state index in [0.717, 1.165) is 38.1 Å². The molecule has 1 saturated heterocycles. The van der Waals surface area contributed by atoms with Crippen LogP contribution in [0.4, 0.5) is 13.2 Å². The molecule has 12 heteroatoms. The van der Waals surface area contributed by atoms with Gasteiger partial charge in [0.1, 0.15) is 6.10 Å². The third-order valence-corrected chi connectivity index (χ3v) is 7.10. The zero-order chi connectivity index (χ0) is 28.7. The number of nitrogens with one attached hydrogen (secondary N) is 1. The van der Waals surface area contributed by atoms with Crippen molar-refractivity contribution in [3.63, 3.8) is 0 Å². The van der Waals surface area contributed by atoms with Crippen LogP contribution in [0.2, 0.25) is 5.02 Å². The average molecular weight is 580 g/mol. The maximum absolute atomic E-state index is 13.4. The van der Waals surface area contributed by atoms with Gasteiger partial charge >= 0.3 is 6.18 Å². The van der Waals surface area contributed by atoms with E-state index in [1.165, 1.54) is 0 Å². The number of carbonyl (C=O) groups is 1. The molecule has 4 rings (SSSR count). The summed E-state index contributed by atoms with van der Waals surface area (Å²) in [5.74, 6) is -1.15. The summed E-state index contributed by atoms with van der Waals surface area (Å²) in [6.45, 7) is 6.34. The SMILES string of the molecule is CCCC(CCC)Oc1ccc2c(C(=O)NCC(c3cnc(C(F)(F)F)nc3)N3CCOCC3)c(Cl)ccc2n1. The Kier molecular flexibility index (Phi) is 10.2. The van der Waals surface area contributed by atoms with Gasteiger partial charge in [-0.2, -0.15) is 13.2 Å². The van der Waals surface area contributed by atoms with E-state index in [9.17, 15) is 18.0 Å². The first-order valence-corrected chi connectivity index (χ1v) is 13.8. The van der Waals surface area contributed by atoms with Crippen molar-refractivity contribution < 1.29 is 27.4 Å². The molecule has 40 heavy (non-hydrogen) atoms. The molecule has 216 valence electrons. The molecule has 2 aromatic heterocycles. The molecule has 1 amide bonds. The fourth-order valence-electron chi connectivity index (χ4n) is 4.81. The number of fused-ring (bicyclic) bond motifs is 1. The Bertz CT molecular complexity index is 1280. The summed E-state index contributed by atoms with van der Waals surface area (Å²) in [5.41, 5.74) is 1.29. The van der Waals surface area contributed by atoms with Crippen molar-refractivity contribution in [1.29, 1.82) is 0 Å². The van der Waals surface area contributed by atoms with Crippen LogP contribution in [0.1, 0.15) is 67.3 Å². The Labute approximate surface area is 236 Å². The summed E-state index contributed by atoms with van der Waals surface area (Å²) >= 11 is 6.47. The summed E-state index contributed by atoms with van der Waals surface area (Å²) in [5, 5.41) is 3.74. The highest BCUT2D eigenvalue weighted by Crippen LogP contribution is 2.29. The molecule has 1 atom stereocenters. The molecular formula is C28H33ClF3N5O3. The van der Waals surface area contributed by atoms with Gasteiger partial charge in [0, 0.05) is 49.0 Å². The van der Waals surface area contributed by atoms with E-state index in [4.69, 9.17) is 21.1 Å². The van der Waals surface area contributed by atoms with E-state index in [1.807, 2.05) is 4.90 Å². The topological polar surface area (TPSA) is 89.5 Å². The van der Waals surface area contributed by atoms with Gasteiger partial charge in [0.2, 0.25) is 11.7 Å². The molecule has 0 radical (unpaired) electrons. The molecule has 1 aliphatic rings. The van der Waals surface area contributed by atoms with Gasteiger partial charge in [-0.15, -0.1) is 0 Å². The molecule has 0 saturated carbocycles. The minimum Gasteiger partial charge on any atom is -0.474 e. The number of hydrogen-bond acceptors (Lipinski definition) is 7. The second kappa shape index (κ2) is 13.6. The molecule has 1 unspecified atom stereocenters. The Morgan fingerprint density at radius 2 is 1.77 bits per heavy atom. The van der Waals surface area contributed by atoms with Gasteiger partial charge in [-0.05, 0) is 31.0 Å². The molecule has 1 fully saturated rings. The highest BCUT2D eigenvalue weighted by Gasteiger charge is 2.35. The molecule has 0 spiro atoms. The predicted octanol–water partition coefficient (Wildman–Crippen LogP) is 5.85. The number of benzene rings is 1. The van der Waals surface area contributed by atoms with Crippen LogP contribution in [-0.2, 0) is 10.9 Å². The number of rotatable bonds is 11. The van der Waals surface area contributed by atoms with E-state index in [0.29, 0.717) is 48.6 Å². The van der Waals surface area contributed by atoms with Gasteiger partial charge in [-0.1, -0.05) is 38.3 Å². The number of morpholine rings is 1. The fraction of sp³-hybridized carbons (Fsp3) is 0.500. The Morgan fingerprint density at radius 1 is 1.10 bits per heavy atom. The van der Waals surface area contributed by atoms with Gasteiger partial charge < -0.3 is 14.8 Å². The van der Waals surface area contributed by atoms with Gasteiger partial charge in [0.25, 0.3) is 5.91 Å². The lowest BCUT2D eigenvalue weighted by Gasteiger charge is -2.34. The van der Waals surface area contributed by atoms with Crippen LogP contribution in [0.3, 0.4) is 0 Å². The van der Waals surface area contributed by atoms with Crippen LogP contribution < -0.4 is 10.1 Å². The van der Waals surface area contributed by atoms with Gasteiger partial charge in [-0.3, -0.25) is 9.69 Å². The number of alkyl halides is 3. The molecule has 8 nitrogen and oxygen atoms in total. The zero-order valence-electron chi connectivity index (χ0n) is 22.5. The Balaban J connectivity index is 1.55. The van der Waals surface area contributed by atoms with Crippen molar-refractivity contribution >= 4 is 28.4 Å². The normalized spacial score (nSPS) is 15.4. The third kappa shape index (κ3) is 7.38. The number of hydrogen-bond donors (Lipinski definition) is 1. The second-order valence-electron chi connectivity index (χ2n) is 9.67. The first kappa shape index (κ1) is 30.0. The zero-order valence-corrected chi connectivity index (χ0v) is 23.3. The van der Waals surface area contributed by atoms with Crippen molar-refractivity contribution in [2.45, 2.75) is 57.9 Å². The quantitative estimate of drug-likeness (QED) is 0.305. The van der Waals surface area contributed by atoms with Crippen LogP contribution in [0.5, 0.6) is 5.88 Å². The van der Waals surface area contributed by atoms with Crippen molar-refractivity contribution in [3.8, 4) is 5.88 Å². The number of aromatic nitrogens is 3. The Morgan fingerprint density at radius 3 is 2.40 bits per heavy atom. The van der Waals surface area contributed by atoms with E-state index in [-0.39, 0.29) is 23.2 Å².